The monoisotopic (exact) mass is 363 g/mol. The van der Waals surface area contributed by atoms with E-state index in [1.165, 1.54) is 18.6 Å². The Morgan fingerprint density at radius 1 is 1.15 bits per heavy atom. The Kier molecular flexibility index (Phi) is 5.76. The van der Waals surface area contributed by atoms with E-state index in [2.05, 4.69) is 39.5 Å². The lowest BCUT2D eigenvalue weighted by Gasteiger charge is -2.39. The molecule has 1 aromatic rings. The maximum absolute atomic E-state index is 13.1. The molecule has 0 aromatic heterocycles. The van der Waals surface area contributed by atoms with Crippen LogP contribution in [0.3, 0.4) is 0 Å². The molecule has 0 aliphatic carbocycles. The number of hydrogen-bond acceptors (Lipinski definition) is 3. The van der Waals surface area contributed by atoms with Crippen LogP contribution >= 0.6 is 0 Å². The van der Waals surface area contributed by atoms with Crippen LogP contribution in [0.4, 0.5) is 4.39 Å². The Morgan fingerprint density at radius 2 is 1.77 bits per heavy atom. The van der Waals surface area contributed by atoms with E-state index in [1.807, 2.05) is 12.1 Å². The lowest BCUT2D eigenvalue weighted by molar-refractivity contribution is -0.152. The van der Waals surface area contributed by atoms with E-state index in [0.29, 0.717) is 6.61 Å². The molecule has 4 unspecified atom stereocenters. The molecule has 0 N–H and O–H groups in total. The molecule has 2 heterocycles. The van der Waals surface area contributed by atoms with Gasteiger partial charge in [0.25, 0.3) is 0 Å². The molecule has 0 saturated carbocycles. The molecule has 4 atom stereocenters. The fourth-order valence-corrected chi connectivity index (χ4v) is 4.65. The second kappa shape index (κ2) is 7.57. The van der Waals surface area contributed by atoms with E-state index in [0.717, 1.165) is 43.5 Å². The highest BCUT2D eigenvalue weighted by Crippen LogP contribution is 2.37. The number of piperidine rings is 1. The van der Waals surface area contributed by atoms with Crippen molar-refractivity contribution in [1.29, 1.82) is 0 Å². The summed E-state index contributed by atoms with van der Waals surface area (Å²) < 4.78 is 25.7. The molecule has 0 spiro atoms. The number of benzene rings is 1. The molecule has 1 aromatic carbocycles. The zero-order valence-electron chi connectivity index (χ0n) is 16.9. The van der Waals surface area contributed by atoms with Crippen molar-refractivity contribution in [3.8, 4) is 0 Å². The van der Waals surface area contributed by atoms with Gasteiger partial charge in [-0.15, -0.1) is 0 Å². The Hall–Kier alpha value is -0.970. The topological polar surface area (TPSA) is 21.7 Å². The van der Waals surface area contributed by atoms with Crippen molar-refractivity contribution in [2.45, 2.75) is 59.4 Å². The minimum Gasteiger partial charge on any atom is -0.349 e. The number of halogens is 1. The van der Waals surface area contributed by atoms with Gasteiger partial charge in [0.05, 0.1) is 6.61 Å². The summed E-state index contributed by atoms with van der Waals surface area (Å²) in [5.74, 6) is 1.29. The molecule has 0 amide bonds. The van der Waals surface area contributed by atoms with Crippen LogP contribution in [0.25, 0.3) is 0 Å². The highest BCUT2D eigenvalue weighted by molar-refractivity contribution is 5.17. The van der Waals surface area contributed by atoms with Gasteiger partial charge in [0.2, 0.25) is 0 Å². The molecule has 2 fully saturated rings. The van der Waals surface area contributed by atoms with Crippen LogP contribution in [-0.2, 0) is 15.9 Å². The van der Waals surface area contributed by atoms with E-state index in [9.17, 15) is 4.39 Å². The third-order valence-corrected chi connectivity index (χ3v) is 5.65. The first-order valence-corrected chi connectivity index (χ1v) is 9.91. The first-order valence-electron chi connectivity index (χ1n) is 9.91. The van der Waals surface area contributed by atoms with Gasteiger partial charge in [0, 0.05) is 25.0 Å². The van der Waals surface area contributed by atoms with Gasteiger partial charge < -0.3 is 9.47 Å². The number of likely N-dealkylation sites (tertiary alicyclic amines) is 1. The van der Waals surface area contributed by atoms with Gasteiger partial charge in [-0.1, -0.05) is 39.8 Å². The van der Waals surface area contributed by atoms with Crippen molar-refractivity contribution >= 4 is 0 Å². The van der Waals surface area contributed by atoms with Crippen LogP contribution in [-0.4, -0.2) is 43.0 Å². The quantitative estimate of drug-likeness (QED) is 0.769. The molecule has 3 nitrogen and oxygen atoms in total. The van der Waals surface area contributed by atoms with E-state index in [4.69, 9.17) is 9.47 Å². The van der Waals surface area contributed by atoms with Crippen LogP contribution in [0.5, 0.6) is 0 Å². The maximum Gasteiger partial charge on any atom is 0.163 e. The Bertz CT molecular complexity index is 593. The zero-order valence-corrected chi connectivity index (χ0v) is 16.9. The van der Waals surface area contributed by atoms with E-state index in [-0.39, 0.29) is 23.1 Å². The highest BCUT2D eigenvalue weighted by Gasteiger charge is 2.45. The minimum absolute atomic E-state index is 0.169. The fraction of sp³-hybridized carbons (Fsp3) is 0.727. The molecule has 2 aliphatic heterocycles. The summed E-state index contributed by atoms with van der Waals surface area (Å²) in [6, 6.07) is 6.73. The maximum atomic E-state index is 13.1. The normalized spacial score (nSPS) is 33.5. The smallest absolute Gasteiger partial charge is 0.163 e. The molecule has 0 radical (unpaired) electrons. The largest absolute Gasteiger partial charge is 0.349 e. The first-order chi connectivity index (χ1) is 12.2. The summed E-state index contributed by atoms with van der Waals surface area (Å²) in [7, 11) is 0. The summed E-state index contributed by atoms with van der Waals surface area (Å²) in [5, 5.41) is 0. The first kappa shape index (κ1) is 19.8. The van der Waals surface area contributed by atoms with Crippen molar-refractivity contribution in [2.24, 2.45) is 17.3 Å². The van der Waals surface area contributed by atoms with Gasteiger partial charge in [0.15, 0.2) is 6.29 Å². The predicted octanol–water partition coefficient (Wildman–Crippen LogP) is 4.50. The summed E-state index contributed by atoms with van der Waals surface area (Å²) >= 11 is 0. The molecular weight excluding hydrogens is 329 g/mol. The van der Waals surface area contributed by atoms with Gasteiger partial charge in [-0.3, -0.25) is 4.90 Å². The third kappa shape index (κ3) is 4.85. The molecular formula is C22H34FNO2. The van der Waals surface area contributed by atoms with Gasteiger partial charge in [0.1, 0.15) is 11.4 Å². The minimum atomic E-state index is -0.262. The Labute approximate surface area is 157 Å². The van der Waals surface area contributed by atoms with Crippen molar-refractivity contribution in [3.63, 3.8) is 0 Å². The number of ether oxygens (including phenoxy) is 2. The standard InChI is InChI=1S/C22H34FNO2/c1-16-10-17(2)13-24(12-16)14-22(5)15-25-20(26-22)21(3,4)11-18-6-8-19(23)9-7-18/h6-9,16-17,20H,10-15H2,1-5H3. The average Bonchev–Trinajstić information content (AvgIpc) is 2.91. The molecule has 4 heteroatoms. The van der Waals surface area contributed by atoms with Crippen molar-refractivity contribution in [1.82, 2.24) is 4.90 Å². The summed E-state index contributed by atoms with van der Waals surface area (Å²) in [6.45, 7) is 15.0. The predicted molar refractivity (Wildman–Crippen MR) is 103 cm³/mol. The fourth-order valence-electron chi connectivity index (χ4n) is 4.65. The molecule has 3 rings (SSSR count). The van der Waals surface area contributed by atoms with Crippen LogP contribution in [0.15, 0.2) is 24.3 Å². The summed E-state index contributed by atoms with van der Waals surface area (Å²) in [5.41, 5.74) is 0.676. The summed E-state index contributed by atoms with van der Waals surface area (Å²) in [4.78, 5) is 2.54. The second-order valence-corrected chi connectivity index (χ2v) is 9.64. The van der Waals surface area contributed by atoms with E-state index >= 15 is 0 Å². The van der Waals surface area contributed by atoms with Crippen LogP contribution < -0.4 is 0 Å². The van der Waals surface area contributed by atoms with Gasteiger partial charge >= 0.3 is 0 Å². The SMILES string of the molecule is CC1CC(C)CN(CC2(C)COC(C(C)(C)Cc3ccc(F)cc3)O2)C1. The number of hydrogen-bond donors (Lipinski definition) is 0. The lowest BCUT2D eigenvalue weighted by Crippen LogP contribution is -2.48. The second-order valence-electron chi connectivity index (χ2n) is 9.64. The van der Waals surface area contributed by atoms with Crippen LogP contribution in [0.1, 0.15) is 46.6 Å². The Balaban J connectivity index is 1.60. The van der Waals surface area contributed by atoms with Crippen LogP contribution in [0.2, 0.25) is 0 Å². The Morgan fingerprint density at radius 3 is 2.38 bits per heavy atom. The summed E-state index contributed by atoms with van der Waals surface area (Å²) in [6.07, 6.45) is 1.88. The van der Waals surface area contributed by atoms with Gasteiger partial charge in [-0.25, -0.2) is 4.39 Å². The highest BCUT2D eigenvalue weighted by atomic mass is 19.1. The zero-order chi connectivity index (χ0) is 18.9. The van der Waals surface area contributed by atoms with Crippen molar-refractivity contribution in [3.05, 3.63) is 35.6 Å². The van der Waals surface area contributed by atoms with Crippen LogP contribution in [0, 0.1) is 23.1 Å². The number of rotatable bonds is 5. The van der Waals surface area contributed by atoms with E-state index < -0.39 is 0 Å². The van der Waals surface area contributed by atoms with Gasteiger partial charge in [-0.05, 0) is 49.3 Å². The lowest BCUT2D eigenvalue weighted by atomic mass is 9.85. The average molecular weight is 364 g/mol. The molecule has 26 heavy (non-hydrogen) atoms. The molecule has 0 bridgehead atoms. The molecule has 146 valence electrons. The third-order valence-electron chi connectivity index (χ3n) is 5.65. The molecule has 2 saturated heterocycles. The number of nitrogens with zero attached hydrogens (tertiary/aromatic N) is 1. The van der Waals surface area contributed by atoms with Crippen molar-refractivity contribution < 1.29 is 13.9 Å². The van der Waals surface area contributed by atoms with Crippen molar-refractivity contribution in [2.75, 3.05) is 26.2 Å². The molecule has 2 aliphatic rings. The van der Waals surface area contributed by atoms with E-state index in [1.54, 1.807) is 0 Å². The van der Waals surface area contributed by atoms with Gasteiger partial charge in [-0.2, -0.15) is 0 Å².